The first kappa shape index (κ1) is 11.7. The average molecular weight is 169 g/mol. The summed E-state index contributed by atoms with van der Waals surface area (Å²) in [6.07, 6.45) is 7.26. The highest BCUT2D eigenvalue weighted by Gasteiger charge is 2.09. The van der Waals surface area contributed by atoms with Gasteiger partial charge in [-0.15, -0.1) is 6.58 Å². The van der Waals surface area contributed by atoms with Crippen LogP contribution in [0.25, 0.3) is 0 Å². The molecule has 0 rings (SSSR count). The van der Waals surface area contributed by atoms with Crippen LogP contribution in [0.1, 0.15) is 46.5 Å². The summed E-state index contributed by atoms with van der Waals surface area (Å²) in [4.78, 5) is 0. The highest BCUT2D eigenvalue weighted by molar-refractivity contribution is 4.94. The Morgan fingerprint density at radius 3 is 2.42 bits per heavy atom. The molecule has 0 aliphatic rings. The highest BCUT2D eigenvalue weighted by Crippen LogP contribution is 2.03. The minimum atomic E-state index is 0.103. The van der Waals surface area contributed by atoms with Crippen molar-refractivity contribution in [3.05, 3.63) is 12.7 Å². The third-order valence-electron chi connectivity index (χ3n) is 2.12. The molecule has 0 amide bonds. The lowest BCUT2D eigenvalue weighted by Gasteiger charge is -2.21. The van der Waals surface area contributed by atoms with Gasteiger partial charge >= 0.3 is 0 Å². The van der Waals surface area contributed by atoms with E-state index in [0.29, 0.717) is 0 Å². The third-order valence-corrected chi connectivity index (χ3v) is 2.12. The number of hydrogen-bond acceptors (Lipinski definition) is 1. The van der Waals surface area contributed by atoms with Crippen molar-refractivity contribution < 1.29 is 0 Å². The molecule has 0 unspecified atom stereocenters. The Balaban J connectivity index is 3.25. The zero-order valence-corrected chi connectivity index (χ0v) is 8.82. The van der Waals surface area contributed by atoms with Gasteiger partial charge < -0.3 is 5.32 Å². The Hall–Kier alpha value is -0.300. The van der Waals surface area contributed by atoms with E-state index in [-0.39, 0.29) is 5.54 Å². The van der Waals surface area contributed by atoms with Gasteiger partial charge in [-0.3, -0.25) is 0 Å². The normalized spacial score (nSPS) is 11.6. The molecule has 0 aromatic heterocycles. The predicted octanol–water partition coefficient (Wildman–Crippen LogP) is 3.12. The number of rotatable bonds is 7. The minimum absolute atomic E-state index is 0.103. The van der Waals surface area contributed by atoms with Crippen molar-refractivity contribution in [1.82, 2.24) is 5.32 Å². The van der Waals surface area contributed by atoms with E-state index in [1.807, 2.05) is 6.08 Å². The van der Waals surface area contributed by atoms with Crippen molar-refractivity contribution in [2.45, 2.75) is 52.0 Å². The van der Waals surface area contributed by atoms with E-state index in [1.54, 1.807) is 0 Å². The molecule has 0 aliphatic heterocycles. The fourth-order valence-corrected chi connectivity index (χ4v) is 1.03. The molecule has 0 fully saturated rings. The Bertz CT molecular complexity index is 116. The second-order valence-electron chi connectivity index (χ2n) is 3.91. The van der Waals surface area contributed by atoms with E-state index in [4.69, 9.17) is 0 Å². The van der Waals surface area contributed by atoms with E-state index in [2.05, 4.69) is 32.7 Å². The molecule has 1 heteroatoms. The lowest BCUT2D eigenvalue weighted by atomic mass is 10.1. The quantitative estimate of drug-likeness (QED) is 0.456. The highest BCUT2D eigenvalue weighted by atomic mass is 14.9. The van der Waals surface area contributed by atoms with Gasteiger partial charge in [-0.25, -0.2) is 0 Å². The number of nitrogens with one attached hydrogen (secondary N) is 1. The van der Waals surface area contributed by atoms with Crippen LogP contribution in [-0.4, -0.2) is 12.1 Å². The standard InChI is InChI=1S/C11H23N/c1-5-7-8-9-10-12-11(3,4)6-2/h6,12H,2,5,7-10H2,1,3-4H3. The van der Waals surface area contributed by atoms with Gasteiger partial charge in [-0.05, 0) is 26.8 Å². The molecule has 0 atom stereocenters. The van der Waals surface area contributed by atoms with Crippen LogP contribution >= 0.6 is 0 Å². The monoisotopic (exact) mass is 169 g/mol. The van der Waals surface area contributed by atoms with Crippen LogP contribution in [0.4, 0.5) is 0 Å². The van der Waals surface area contributed by atoms with Gasteiger partial charge in [-0.1, -0.05) is 32.3 Å². The van der Waals surface area contributed by atoms with E-state index >= 15 is 0 Å². The zero-order chi connectivity index (χ0) is 9.45. The van der Waals surface area contributed by atoms with Crippen molar-refractivity contribution in [2.24, 2.45) is 0 Å². The van der Waals surface area contributed by atoms with Crippen LogP contribution in [0.15, 0.2) is 12.7 Å². The molecule has 0 radical (unpaired) electrons. The maximum absolute atomic E-state index is 3.78. The largest absolute Gasteiger partial charge is 0.308 e. The molecule has 12 heavy (non-hydrogen) atoms. The molecule has 0 heterocycles. The zero-order valence-electron chi connectivity index (χ0n) is 8.82. The lowest BCUT2D eigenvalue weighted by Crippen LogP contribution is -2.37. The first-order valence-electron chi connectivity index (χ1n) is 5.01. The van der Waals surface area contributed by atoms with Crippen LogP contribution in [0.2, 0.25) is 0 Å². The SMILES string of the molecule is C=CC(C)(C)NCCCCCC. The summed E-state index contributed by atoms with van der Waals surface area (Å²) in [6, 6.07) is 0. The first-order valence-corrected chi connectivity index (χ1v) is 5.01. The molecule has 0 saturated heterocycles. The molecular weight excluding hydrogens is 146 g/mol. The van der Waals surface area contributed by atoms with Crippen molar-refractivity contribution in [3.63, 3.8) is 0 Å². The first-order chi connectivity index (χ1) is 5.62. The lowest BCUT2D eigenvalue weighted by molar-refractivity contribution is 0.461. The van der Waals surface area contributed by atoms with Crippen molar-refractivity contribution in [2.75, 3.05) is 6.54 Å². The fourth-order valence-electron chi connectivity index (χ4n) is 1.03. The van der Waals surface area contributed by atoms with E-state index in [1.165, 1.54) is 25.7 Å². The van der Waals surface area contributed by atoms with Gasteiger partial charge in [0.2, 0.25) is 0 Å². The second-order valence-corrected chi connectivity index (χ2v) is 3.91. The van der Waals surface area contributed by atoms with Gasteiger partial charge in [0.05, 0.1) is 0 Å². The summed E-state index contributed by atoms with van der Waals surface area (Å²) in [7, 11) is 0. The van der Waals surface area contributed by atoms with Crippen LogP contribution in [0.5, 0.6) is 0 Å². The molecule has 1 nitrogen and oxygen atoms in total. The molecule has 72 valence electrons. The second kappa shape index (κ2) is 6.24. The minimum Gasteiger partial charge on any atom is -0.308 e. The topological polar surface area (TPSA) is 12.0 Å². The molecule has 0 saturated carbocycles. The maximum atomic E-state index is 3.78. The Labute approximate surface area is 77.2 Å². The van der Waals surface area contributed by atoms with Crippen LogP contribution in [-0.2, 0) is 0 Å². The van der Waals surface area contributed by atoms with Gasteiger partial charge in [-0.2, -0.15) is 0 Å². The summed E-state index contributed by atoms with van der Waals surface area (Å²) in [5.41, 5.74) is 0.103. The van der Waals surface area contributed by atoms with Crippen LogP contribution in [0, 0.1) is 0 Å². The molecule has 0 aromatic rings. The number of hydrogen-bond donors (Lipinski definition) is 1. The van der Waals surface area contributed by atoms with Gasteiger partial charge in [0.15, 0.2) is 0 Å². The van der Waals surface area contributed by atoms with Crippen molar-refractivity contribution in [3.8, 4) is 0 Å². The van der Waals surface area contributed by atoms with Crippen molar-refractivity contribution >= 4 is 0 Å². The molecule has 0 bridgehead atoms. The maximum Gasteiger partial charge on any atom is 0.0304 e. The van der Waals surface area contributed by atoms with Crippen LogP contribution in [0.3, 0.4) is 0 Å². The summed E-state index contributed by atoms with van der Waals surface area (Å²) in [5, 5.41) is 3.45. The Morgan fingerprint density at radius 1 is 1.25 bits per heavy atom. The number of unbranched alkanes of at least 4 members (excludes halogenated alkanes) is 3. The molecule has 0 aromatic carbocycles. The Kier molecular flexibility index (Phi) is 6.09. The smallest absolute Gasteiger partial charge is 0.0304 e. The van der Waals surface area contributed by atoms with Gasteiger partial charge in [0.1, 0.15) is 0 Å². The van der Waals surface area contributed by atoms with Gasteiger partial charge in [0, 0.05) is 5.54 Å². The fraction of sp³-hybridized carbons (Fsp3) is 0.818. The molecule has 0 spiro atoms. The predicted molar refractivity (Wildman–Crippen MR) is 56.4 cm³/mol. The molecular formula is C11H23N. The third kappa shape index (κ3) is 6.41. The average Bonchev–Trinajstić information content (AvgIpc) is 2.04. The molecule has 0 aliphatic carbocycles. The van der Waals surface area contributed by atoms with E-state index in [0.717, 1.165) is 6.54 Å². The van der Waals surface area contributed by atoms with Gasteiger partial charge in [0.25, 0.3) is 0 Å². The van der Waals surface area contributed by atoms with E-state index in [9.17, 15) is 0 Å². The van der Waals surface area contributed by atoms with Crippen molar-refractivity contribution in [1.29, 1.82) is 0 Å². The van der Waals surface area contributed by atoms with E-state index < -0.39 is 0 Å². The van der Waals surface area contributed by atoms with Crippen LogP contribution < -0.4 is 5.32 Å². The summed E-state index contributed by atoms with van der Waals surface area (Å²) >= 11 is 0. The summed E-state index contributed by atoms with van der Waals surface area (Å²) < 4.78 is 0. The molecule has 1 N–H and O–H groups in total. The summed E-state index contributed by atoms with van der Waals surface area (Å²) in [6.45, 7) is 11.4. The Morgan fingerprint density at radius 2 is 1.92 bits per heavy atom. The summed E-state index contributed by atoms with van der Waals surface area (Å²) in [5.74, 6) is 0.